The second-order valence-corrected chi connectivity index (χ2v) is 7.59. The third kappa shape index (κ3) is 4.62. The summed E-state index contributed by atoms with van der Waals surface area (Å²) in [6, 6.07) is 17.3. The number of amides is 1. The topological polar surface area (TPSA) is 109 Å². The molecule has 0 spiro atoms. The summed E-state index contributed by atoms with van der Waals surface area (Å²) < 4.78 is 30.0. The van der Waals surface area contributed by atoms with Gasteiger partial charge in [-0.2, -0.15) is 5.10 Å². The zero-order chi connectivity index (χ0) is 19.3. The van der Waals surface area contributed by atoms with Crippen LogP contribution in [0.25, 0.3) is 0 Å². The van der Waals surface area contributed by atoms with Crippen LogP contribution >= 0.6 is 0 Å². The normalized spacial score (nSPS) is 11.6. The van der Waals surface area contributed by atoms with Gasteiger partial charge in [0.05, 0.1) is 11.1 Å². The molecule has 0 saturated carbocycles. The van der Waals surface area contributed by atoms with Crippen LogP contribution in [-0.2, 0) is 15.6 Å². The minimum atomic E-state index is -3.57. The third-order valence-corrected chi connectivity index (χ3v) is 5.28. The maximum Gasteiger partial charge on any atom is 0.307 e. The van der Waals surface area contributed by atoms with Crippen LogP contribution in [0.1, 0.15) is 21.9 Å². The molecule has 0 bridgehead atoms. The molecular weight excluding hydrogens is 368 g/mol. The highest BCUT2D eigenvalue weighted by atomic mass is 32.2. The summed E-state index contributed by atoms with van der Waals surface area (Å²) in [6.45, 7) is 0. The number of nitrogens with zero attached hydrogens (tertiary/aromatic N) is 1. The quantitative estimate of drug-likeness (QED) is 0.502. The van der Waals surface area contributed by atoms with Crippen molar-refractivity contribution in [2.45, 2.75) is 10.6 Å². The van der Waals surface area contributed by atoms with Crippen molar-refractivity contribution < 1.29 is 22.7 Å². The minimum Gasteiger partial charge on any atom is -0.507 e. The van der Waals surface area contributed by atoms with Crippen LogP contribution in [-0.4, -0.2) is 25.6 Å². The molecule has 0 unspecified atom stereocenters. The van der Waals surface area contributed by atoms with Crippen molar-refractivity contribution in [2.24, 2.45) is 5.10 Å². The van der Waals surface area contributed by atoms with Crippen molar-refractivity contribution in [1.29, 1.82) is 0 Å². The molecule has 0 saturated heterocycles. The molecule has 7 nitrogen and oxygen atoms in total. The lowest BCUT2D eigenvalue weighted by atomic mass is 10.2. The maximum absolute atomic E-state index is 12.3. The molecule has 2 N–H and O–H groups in total. The van der Waals surface area contributed by atoms with Crippen molar-refractivity contribution in [2.75, 3.05) is 0 Å². The van der Waals surface area contributed by atoms with Gasteiger partial charge < -0.3 is 9.52 Å². The average Bonchev–Trinajstić information content (AvgIpc) is 3.12. The average molecular weight is 384 g/mol. The number of nitrogens with one attached hydrogen (secondary N) is 1. The number of hydrogen-bond acceptors (Lipinski definition) is 6. The van der Waals surface area contributed by atoms with Gasteiger partial charge in [0.1, 0.15) is 17.3 Å². The van der Waals surface area contributed by atoms with E-state index in [1.54, 1.807) is 36.4 Å². The molecule has 0 fully saturated rings. The second kappa shape index (κ2) is 7.88. The first kappa shape index (κ1) is 18.4. The van der Waals surface area contributed by atoms with Crippen LogP contribution in [0.3, 0.4) is 0 Å². The van der Waals surface area contributed by atoms with Gasteiger partial charge in [-0.1, -0.05) is 30.3 Å². The highest BCUT2D eigenvalue weighted by molar-refractivity contribution is 7.90. The Morgan fingerprint density at radius 3 is 2.48 bits per heavy atom. The monoisotopic (exact) mass is 384 g/mol. The second-order valence-electron chi connectivity index (χ2n) is 5.60. The van der Waals surface area contributed by atoms with E-state index in [0.29, 0.717) is 5.56 Å². The Balaban J connectivity index is 1.65. The van der Waals surface area contributed by atoms with E-state index >= 15 is 0 Å². The van der Waals surface area contributed by atoms with Crippen LogP contribution in [0.4, 0.5) is 0 Å². The first-order valence-corrected chi connectivity index (χ1v) is 9.59. The first-order valence-electron chi connectivity index (χ1n) is 7.93. The van der Waals surface area contributed by atoms with E-state index in [1.165, 1.54) is 36.5 Å². The Morgan fingerprint density at radius 2 is 1.74 bits per heavy atom. The van der Waals surface area contributed by atoms with Gasteiger partial charge in [0.2, 0.25) is 0 Å². The van der Waals surface area contributed by atoms with Gasteiger partial charge in [-0.15, -0.1) is 0 Å². The predicted molar refractivity (Wildman–Crippen MR) is 99.2 cm³/mol. The molecule has 0 atom stereocenters. The Morgan fingerprint density at radius 1 is 1.04 bits per heavy atom. The summed E-state index contributed by atoms with van der Waals surface area (Å²) in [5.41, 5.74) is 2.70. The van der Waals surface area contributed by atoms with E-state index in [4.69, 9.17) is 4.42 Å². The van der Waals surface area contributed by atoms with E-state index in [1.807, 2.05) is 0 Å². The summed E-state index contributed by atoms with van der Waals surface area (Å²) in [7, 11) is -3.57. The van der Waals surface area contributed by atoms with Crippen molar-refractivity contribution >= 4 is 22.0 Å². The fraction of sp³-hybridized carbons (Fsp3) is 0.0526. The molecule has 138 valence electrons. The number of hydrogen-bond donors (Lipinski definition) is 2. The van der Waals surface area contributed by atoms with Crippen molar-refractivity contribution in [1.82, 2.24) is 5.43 Å². The number of para-hydroxylation sites is 1. The number of phenols is 1. The molecule has 3 rings (SSSR count). The van der Waals surface area contributed by atoms with Gasteiger partial charge in [0, 0.05) is 5.56 Å². The smallest absolute Gasteiger partial charge is 0.307 e. The van der Waals surface area contributed by atoms with Gasteiger partial charge in [0.15, 0.2) is 15.6 Å². The first-order chi connectivity index (χ1) is 13.0. The molecule has 1 heterocycles. The Bertz CT molecular complexity index is 1070. The molecule has 1 amide bonds. The summed E-state index contributed by atoms with van der Waals surface area (Å²) in [5, 5.41) is 13.4. The SMILES string of the molecule is O=C(N/N=C/c1ccccc1O)c1ccc(CS(=O)(=O)c2ccccc2)o1. The van der Waals surface area contributed by atoms with Crippen LogP contribution in [0, 0.1) is 0 Å². The van der Waals surface area contributed by atoms with E-state index in [0.717, 1.165) is 0 Å². The number of sulfone groups is 1. The van der Waals surface area contributed by atoms with Gasteiger partial charge in [-0.3, -0.25) is 4.79 Å². The van der Waals surface area contributed by atoms with E-state index in [-0.39, 0.29) is 27.9 Å². The maximum atomic E-state index is 12.3. The van der Waals surface area contributed by atoms with Gasteiger partial charge in [-0.05, 0) is 36.4 Å². The largest absolute Gasteiger partial charge is 0.507 e. The lowest BCUT2D eigenvalue weighted by Crippen LogP contribution is -2.16. The van der Waals surface area contributed by atoms with Crippen LogP contribution in [0.2, 0.25) is 0 Å². The third-order valence-electron chi connectivity index (χ3n) is 3.63. The number of phenolic OH excluding ortho intramolecular Hbond substituents is 1. The number of furan rings is 1. The molecule has 8 heteroatoms. The van der Waals surface area contributed by atoms with Crippen molar-refractivity contribution in [3.63, 3.8) is 0 Å². The fourth-order valence-corrected chi connectivity index (χ4v) is 3.56. The molecular formula is C19H16N2O5S. The van der Waals surface area contributed by atoms with Crippen LogP contribution in [0.15, 0.2) is 81.1 Å². The highest BCUT2D eigenvalue weighted by Gasteiger charge is 2.19. The van der Waals surface area contributed by atoms with Crippen LogP contribution < -0.4 is 5.43 Å². The fourth-order valence-electron chi connectivity index (χ4n) is 2.29. The highest BCUT2D eigenvalue weighted by Crippen LogP contribution is 2.18. The minimum absolute atomic E-state index is 0.0295. The standard InChI is InChI=1S/C19H16N2O5S/c22-17-9-5-4-6-14(17)12-20-21-19(23)18-11-10-15(26-18)13-27(24,25)16-7-2-1-3-8-16/h1-12,22H,13H2,(H,21,23)/b20-12+. The molecule has 27 heavy (non-hydrogen) atoms. The van der Waals surface area contributed by atoms with Crippen LogP contribution in [0.5, 0.6) is 5.75 Å². The number of hydrazone groups is 1. The molecule has 0 aliphatic carbocycles. The molecule has 0 radical (unpaired) electrons. The number of rotatable bonds is 6. The summed E-state index contributed by atoms with van der Waals surface area (Å²) >= 11 is 0. The lowest BCUT2D eigenvalue weighted by Gasteiger charge is -2.02. The number of carbonyl (C=O) groups excluding carboxylic acids is 1. The van der Waals surface area contributed by atoms with Crippen molar-refractivity contribution in [3.05, 3.63) is 83.8 Å². The Kier molecular flexibility index (Phi) is 5.37. The molecule has 1 aromatic heterocycles. The summed E-state index contributed by atoms with van der Waals surface area (Å²) in [4.78, 5) is 12.2. The summed E-state index contributed by atoms with van der Waals surface area (Å²) in [6.07, 6.45) is 1.29. The number of aromatic hydroxyl groups is 1. The van der Waals surface area contributed by atoms with Gasteiger partial charge >= 0.3 is 5.91 Å². The van der Waals surface area contributed by atoms with Gasteiger partial charge in [-0.25, -0.2) is 13.8 Å². The molecule has 2 aromatic carbocycles. The molecule has 0 aliphatic heterocycles. The Hall–Kier alpha value is -3.39. The van der Waals surface area contributed by atoms with E-state index in [2.05, 4.69) is 10.5 Å². The number of benzene rings is 2. The zero-order valence-corrected chi connectivity index (χ0v) is 14.9. The molecule has 0 aliphatic rings. The molecule has 3 aromatic rings. The summed E-state index contributed by atoms with van der Waals surface area (Å²) in [5.74, 6) is -0.880. The van der Waals surface area contributed by atoms with Crippen molar-refractivity contribution in [3.8, 4) is 5.75 Å². The van der Waals surface area contributed by atoms with E-state index < -0.39 is 15.7 Å². The number of carbonyl (C=O) groups is 1. The van der Waals surface area contributed by atoms with E-state index in [9.17, 15) is 18.3 Å². The predicted octanol–water partition coefficient (Wildman–Crippen LogP) is 2.72. The zero-order valence-electron chi connectivity index (χ0n) is 14.1. The lowest BCUT2D eigenvalue weighted by molar-refractivity contribution is 0.0926. The van der Waals surface area contributed by atoms with Gasteiger partial charge in [0.25, 0.3) is 0 Å². The Labute approximate surface area is 155 Å².